The first-order chi connectivity index (χ1) is 8.13. The molecule has 3 N–H and O–H groups in total. The van der Waals surface area contributed by atoms with Gasteiger partial charge in [-0.25, -0.2) is 9.82 Å². The van der Waals surface area contributed by atoms with Gasteiger partial charge in [0.25, 0.3) is 0 Å². The topological polar surface area (TPSA) is 38.0 Å². The van der Waals surface area contributed by atoms with Crippen LogP contribution in [0.1, 0.15) is 27.6 Å². The monoisotopic (exact) mass is 250 g/mol. The van der Waals surface area contributed by atoms with E-state index in [1.165, 1.54) is 17.0 Å². The summed E-state index contributed by atoms with van der Waals surface area (Å²) in [4.78, 5) is 1.19. The summed E-state index contributed by atoms with van der Waals surface area (Å²) in [6, 6.07) is 6.65. The summed E-state index contributed by atoms with van der Waals surface area (Å²) < 4.78 is 13.3. The Morgan fingerprint density at radius 2 is 2.00 bits per heavy atom. The van der Waals surface area contributed by atoms with Gasteiger partial charge in [-0.15, -0.1) is 11.3 Å². The lowest BCUT2D eigenvalue weighted by atomic mass is 9.96. The highest BCUT2D eigenvalue weighted by Gasteiger charge is 2.17. The van der Waals surface area contributed by atoms with Crippen LogP contribution in [0.3, 0.4) is 0 Å². The predicted octanol–water partition coefficient (Wildman–Crippen LogP) is 3.06. The Bertz CT molecular complexity index is 522. The summed E-state index contributed by atoms with van der Waals surface area (Å²) in [5.41, 5.74) is 5.78. The lowest BCUT2D eigenvalue weighted by Crippen LogP contribution is -2.29. The van der Waals surface area contributed by atoms with E-state index in [1.807, 2.05) is 25.3 Å². The summed E-state index contributed by atoms with van der Waals surface area (Å²) in [5.74, 6) is 5.38. The fourth-order valence-corrected chi connectivity index (χ4v) is 2.70. The normalized spacial score (nSPS) is 12.7. The molecule has 0 aliphatic rings. The largest absolute Gasteiger partial charge is 0.271 e. The second-order valence-electron chi connectivity index (χ2n) is 4.03. The predicted molar refractivity (Wildman–Crippen MR) is 69.4 cm³/mol. The van der Waals surface area contributed by atoms with E-state index in [0.717, 1.165) is 16.7 Å². The van der Waals surface area contributed by atoms with Crippen molar-refractivity contribution in [1.82, 2.24) is 5.43 Å². The van der Waals surface area contributed by atoms with Gasteiger partial charge in [-0.05, 0) is 54.1 Å². The van der Waals surface area contributed by atoms with Crippen LogP contribution in [0, 0.1) is 19.7 Å². The molecule has 0 aliphatic carbocycles. The highest BCUT2D eigenvalue weighted by Crippen LogP contribution is 2.29. The molecule has 4 heteroatoms. The van der Waals surface area contributed by atoms with Gasteiger partial charge >= 0.3 is 0 Å². The van der Waals surface area contributed by atoms with Gasteiger partial charge in [0.15, 0.2) is 0 Å². The number of rotatable bonds is 3. The summed E-state index contributed by atoms with van der Waals surface area (Å²) in [7, 11) is 0. The van der Waals surface area contributed by atoms with Crippen LogP contribution in [-0.4, -0.2) is 0 Å². The van der Waals surface area contributed by atoms with Crippen molar-refractivity contribution in [1.29, 1.82) is 0 Å². The minimum Gasteiger partial charge on any atom is -0.271 e. The molecule has 1 unspecified atom stereocenters. The lowest BCUT2D eigenvalue weighted by molar-refractivity contribution is 0.602. The average molecular weight is 250 g/mol. The zero-order valence-electron chi connectivity index (χ0n) is 9.83. The van der Waals surface area contributed by atoms with Crippen LogP contribution < -0.4 is 11.3 Å². The van der Waals surface area contributed by atoms with Crippen molar-refractivity contribution in [3.8, 4) is 0 Å². The number of halogens is 1. The van der Waals surface area contributed by atoms with Gasteiger partial charge in [0, 0.05) is 4.88 Å². The number of benzene rings is 1. The molecule has 2 rings (SSSR count). The van der Waals surface area contributed by atoms with Crippen molar-refractivity contribution < 1.29 is 4.39 Å². The molecule has 0 fully saturated rings. The second-order valence-corrected chi connectivity index (χ2v) is 5.15. The van der Waals surface area contributed by atoms with Crippen LogP contribution in [0.15, 0.2) is 29.6 Å². The van der Waals surface area contributed by atoms with Gasteiger partial charge in [-0.1, -0.05) is 6.07 Å². The zero-order chi connectivity index (χ0) is 12.4. The van der Waals surface area contributed by atoms with Crippen LogP contribution in [0.5, 0.6) is 0 Å². The van der Waals surface area contributed by atoms with Crippen LogP contribution in [-0.2, 0) is 0 Å². The molecule has 0 saturated heterocycles. The number of nitrogens with one attached hydrogen (secondary N) is 1. The molecule has 2 aromatic rings. The van der Waals surface area contributed by atoms with Gasteiger partial charge in [-0.2, -0.15) is 0 Å². The maximum Gasteiger partial charge on any atom is 0.123 e. The van der Waals surface area contributed by atoms with Crippen LogP contribution in [0.4, 0.5) is 4.39 Å². The van der Waals surface area contributed by atoms with E-state index in [0.29, 0.717) is 0 Å². The molecule has 1 atom stereocenters. The summed E-state index contributed by atoms with van der Waals surface area (Å²) in [6.45, 7) is 4.00. The third-order valence-electron chi connectivity index (χ3n) is 2.93. The Labute approximate surface area is 104 Å². The van der Waals surface area contributed by atoms with Crippen molar-refractivity contribution in [3.05, 3.63) is 57.0 Å². The lowest BCUT2D eigenvalue weighted by Gasteiger charge is -2.18. The van der Waals surface area contributed by atoms with Gasteiger partial charge in [0.1, 0.15) is 5.82 Å². The van der Waals surface area contributed by atoms with E-state index in [4.69, 9.17) is 5.84 Å². The molecule has 0 spiro atoms. The SMILES string of the molecule is Cc1ccc(F)cc1C(NN)c1ccsc1C. The van der Waals surface area contributed by atoms with E-state index < -0.39 is 0 Å². The van der Waals surface area contributed by atoms with E-state index >= 15 is 0 Å². The van der Waals surface area contributed by atoms with Gasteiger partial charge in [0.2, 0.25) is 0 Å². The Morgan fingerprint density at radius 3 is 2.59 bits per heavy atom. The first-order valence-corrected chi connectivity index (χ1v) is 6.27. The number of hydrazine groups is 1. The Balaban J connectivity index is 2.49. The first-order valence-electron chi connectivity index (χ1n) is 5.39. The van der Waals surface area contributed by atoms with Gasteiger partial charge in [-0.3, -0.25) is 5.84 Å². The highest BCUT2D eigenvalue weighted by molar-refractivity contribution is 7.10. The van der Waals surface area contributed by atoms with Crippen molar-refractivity contribution in [2.45, 2.75) is 19.9 Å². The molecule has 90 valence electrons. The third kappa shape index (κ3) is 2.39. The Kier molecular flexibility index (Phi) is 3.57. The van der Waals surface area contributed by atoms with E-state index in [1.54, 1.807) is 17.4 Å². The fourth-order valence-electron chi connectivity index (χ4n) is 1.96. The summed E-state index contributed by atoms with van der Waals surface area (Å²) >= 11 is 1.66. The summed E-state index contributed by atoms with van der Waals surface area (Å²) in [5, 5.41) is 2.02. The molecule has 0 saturated carbocycles. The second kappa shape index (κ2) is 4.96. The third-order valence-corrected chi connectivity index (χ3v) is 3.79. The molecule has 2 nitrogen and oxygen atoms in total. The summed E-state index contributed by atoms with van der Waals surface area (Å²) in [6.07, 6.45) is 0. The smallest absolute Gasteiger partial charge is 0.123 e. The maximum atomic E-state index is 13.3. The van der Waals surface area contributed by atoms with E-state index in [-0.39, 0.29) is 11.9 Å². The van der Waals surface area contributed by atoms with Crippen molar-refractivity contribution in [3.63, 3.8) is 0 Å². The van der Waals surface area contributed by atoms with E-state index in [9.17, 15) is 4.39 Å². The molecule has 1 aromatic carbocycles. The van der Waals surface area contributed by atoms with Gasteiger partial charge in [0.05, 0.1) is 6.04 Å². The molecule has 1 heterocycles. The molecule has 0 bridgehead atoms. The quantitative estimate of drug-likeness (QED) is 0.649. The Morgan fingerprint density at radius 1 is 1.24 bits per heavy atom. The Hall–Kier alpha value is -1.23. The zero-order valence-corrected chi connectivity index (χ0v) is 10.6. The molecule has 0 aliphatic heterocycles. The molecule has 17 heavy (non-hydrogen) atoms. The molecule has 0 radical (unpaired) electrons. The fraction of sp³-hybridized carbons (Fsp3) is 0.231. The van der Waals surface area contributed by atoms with Gasteiger partial charge < -0.3 is 0 Å². The van der Waals surface area contributed by atoms with Crippen LogP contribution in [0.2, 0.25) is 0 Å². The number of hydrogen-bond donors (Lipinski definition) is 2. The average Bonchev–Trinajstić information content (AvgIpc) is 2.71. The molecular formula is C13H15FN2S. The molecular weight excluding hydrogens is 235 g/mol. The molecule has 0 amide bonds. The van der Waals surface area contributed by atoms with Crippen molar-refractivity contribution in [2.24, 2.45) is 5.84 Å². The van der Waals surface area contributed by atoms with Crippen molar-refractivity contribution in [2.75, 3.05) is 0 Å². The first kappa shape index (κ1) is 12.2. The highest BCUT2D eigenvalue weighted by atomic mass is 32.1. The number of hydrogen-bond acceptors (Lipinski definition) is 3. The molecule has 1 aromatic heterocycles. The number of thiophene rings is 1. The van der Waals surface area contributed by atoms with Crippen LogP contribution >= 0.6 is 11.3 Å². The minimum atomic E-state index is -0.237. The number of aryl methyl sites for hydroxylation is 2. The minimum absolute atomic E-state index is 0.156. The maximum absolute atomic E-state index is 13.3. The van der Waals surface area contributed by atoms with Crippen LogP contribution in [0.25, 0.3) is 0 Å². The van der Waals surface area contributed by atoms with E-state index in [2.05, 4.69) is 5.43 Å². The standard InChI is InChI=1S/C13H15FN2S/c1-8-3-4-10(14)7-12(8)13(16-15)11-5-6-17-9(11)2/h3-7,13,16H,15H2,1-2H3. The van der Waals surface area contributed by atoms with Crippen molar-refractivity contribution >= 4 is 11.3 Å². The number of nitrogens with two attached hydrogens (primary N) is 1.